The maximum atomic E-state index is 14.5. The minimum absolute atomic E-state index is 0.0832. The first-order valence-electron chi connectivity index (χ1n) is 11.6. The Kier molecular flexibility index (Phi) is 6.00. The number of ether oxygens (including phenoxy) is 1. The number of hydrogen-bond donors (Lipinski definition) is 3. The number of aromatic nitrogens is 3. The normalized spacial score (nSPS) is 16.9. The molecule has 2 aromatic heterocycles. The van der Waals surface area contributed by atoms with Crippen LogP contribution in [0.25, 0.3) is 5.65 Å². The van der Waals surface area contributed by atoms with Crippen molar-refractivity contribution < 1.29 is 28.9 Å². The first-order valence-corrected chi connectivity index (χ1v) is 11.6. The van der Waals surface area contributed by atoms with E-state index in [0.717, 1.165) is 0 Å². The van der Waals surface area contributed by atoms with Crippen LogP contribution in [0.15, 0.2) is 30.7 Å². The number of alkyl halides is 1. The van der Waals surface area contributed by atoms with Gasteiger partial charge in [0.05, 0.1) is 55.3 Å². The van der Waals surface area contributed by atoms with E-state index in [-0.39, 0.29) is 36.0 Å². The topological polar surface area (TPSA) is 133 Å². The molecule has 2 aliphatic rings. The molecule has 3 N–H and O–H groups in total. The van der Waals surface area contributed by atoms with Gasteiger partial charge in [-0.25, -0.2) is 13.9 Å². The smallest absolute Gasteiger partial charge is 0.261 e. The van der Waals surface area contributed by atoms with Crippen molar-refractivity contribution in [3.05, 3.63) is 47.4 Å². The van der Waals surface area contributed by atoms with Gasteiger partial charge in [0.2, 0.25) is 0 Å². The Bertz CT molecular complexity index is 1330. The van der Waals surface area contributed by atoms with Gasteiger partial charge in [0, 0.05) is 25.2 Å². The van der Waals surface area contributed by atoms with E-state index in [4.69, 9.17) is 4.74 Å². The Balaban J connectivity index is 1.47. The zero-order valence-corrected chi connectivity index (χ0v) is 19.9. The van der Waals surface area contributed by atoms with Crippen LogP contribution < -0.4 is 10.2 Å². The second-order valence-corrected chi connectivity index (χ2v) is 9.53. The zero-order chi connectivity index (χ0) is 25.6. The van der Waals surface area contributed by atoms with E-state index in [2.05, 4.69) is 15.4 Å². The molecule has 3 aromatic rings. The highest BCUT2D eigenvalue weighted by Crippen LogP contribution is 2.36. The molecular formula is C24H27FN6O5. The molecule has 36 heavy (non-hydrogen) atoms. The van der Waals surface area contributed by atoms with Crippen molar-refractivity contribution in [3.63, 3.8) is 0 Å². The number of halogens is 1. The lowest BCUT2D eigenvalue weighted by Gasteiger charge is -2.31. The highest BCUT2D eigenvalue weighted by molar-refractivity contribution is 6.10. The van der Waals surface area contributed by atoms with Crippen LogP contribution >= 0.6 is 0 Å². The minimum Gasteiger partial charge on any atom is -0.505 e. The summed E-state index contributed by atoms with van der Waals surface area (Å²) in [4.78, 5) is 33.8. The molecule has 0 spiro atoms. The average molecular weight is 499 g/mol. The Morgan fingerprint density at radius 3 is 2.75 bits per heavy atom. The molecule has 0 unspecified atom stereocenters. The van der Waals surface area contributed by atoms with Crippen molar-refractivity contribution >= 4 is 28.8 Å². The van der Waals surface area contributed by atoms with Crippen LogP contribution in [0, 0.1) is 0 Å². The molecule has 0 saturated carbocycles. The highest BCUT2D eigenvalue weighted by Gasteiger charge is 2.35. The van der Waals surface area contributed by atoms with Crippen molar-refractivity contribution in [1.82, 2.24) is 19.5 Å². The van der Waals surface area contributed by atoms with Crippen LogP contribution in [-0.4, -0.2) is 86.1 Å². The predicted molar refractivity (Wildman–Crippen MR) is 128 cm³/mol. The summed E-state index contributed by atoms with van der Waals surface area (Å²) in [7, 11) is 0. The Morgan fingerprint density at radius 1 is 1.28 bits per heavy atom. The molecule has 1 saturated heterocycles. The van der Waals surface area contributed by atoms with Gasteiger partial charge in [0.25, 0.3) is 11.8 Å². The quantitative estimate of drug-likeness (QED) is 0.467. The summed E-state index contributed by atoms with van der Waals surface area (Å²) in [6, 6.07) is 3.46. The van der Waals surface area contributed by atoms with Gasteiger partial charge in [-0.2, -0.15) is 5.10 Å². The number of nitrogens with zero attached hydrogens (tertiary/aromatic N) is 5. The summed E-state index contributed by atoms with van der Waals surface area (Å²) in [5, 5.41) is 26.6. The molecule has 2 aliphatic heterocycles. The molecule has 1 fully saturated rings. The molecule has 0 aliphatic carbocycles. The van der Waals surface area contributed by atoms with Gasteiger partial charge in [-0.05, 0) is 31.5 Å². The fourth-order valence-electron chi connectivity index (χ4n) is 4.36. The number of anilines is 2. The fourth-order valence-corrected chi connectivity index (χ4v) is 4.36. The fraction of sp³-hybridized carbons (Fsp3) is 0.417. The molecule has 12 heteroatoms. The van der Waals surface area contributed by atoms with Gasteiger partial charge < -0.3 is 30.1 Å². The van der Waals surface area contributed by atoms with E-state index in [1.165, 1.54) is 41.9 Å². The molecule has 1 aromatic carbocycles. The molecular weight excluding hydrogens is 471 g/mol. The number of benzene rings is 1. The van der Waals surface area contributed by atoms with Gasteiger partial charge in [0.15, 0.2) is 11.4 Å². The van der Waals surface area contributed by atoms with Crippen LogP contribution in [0.1, 0.15) is 40.1 Å². The van der Waals surface area contributed by atoms with E-state index in [1.807, 2.05) is 4.90 Å². The number of nitrogens with one attached hydrogen (secondary N) is 1. The lowest BCUT2D eigenvalue weighted by molar-refractivity contribution is -0.0159. The van der Waals surface area contributed by atoms with Gasteiger partial charge in [-0.3, -0.25) is 9.59 Å². The van der Waals surface area contributed by atoms with Crippen molar-refractivity contribution in [2.75, 3.05) is 43.1 Å². The monoisotopic (exact) mass is 498 g/mol. The number of carbonyl (C=O) groups excluding carboxylic acids is 2. The Labute approximate surface area is 206 Å². The summed E-state index contributed by atoms with van der Waals surface area (Å²) >= 11 is 0. The Hall–Kier alpha value is -3.77. The average Bonchev–Trinajstić information content (AvgIpc) is 3.39. The van der Waals surface area contributed by atoms with Crippen LogP contribution in [-0.2, 0) is 11.3 Å². The summed E-state index contributed by atoms with van der Waals surface area (Å²) in [6.07, 6.45) is 2.33. The van der Waals surface area contributed by atoms with E-state index >= 15 is 0 Å². The summed E-state index contributed by atoms with van der Waals surface area (Å²) in [6.45, 7) is 4.80. The van der Waals surface area contributed by atoms with E-state index < -0.39 is 17.7 Å². The molecule has 11 nitrogen and oxygen atoms in total. The van der Waals surface area contributed by atoms with Crippen molar-refractivity contribution in [2.24, 2.45) is 0 Å². The van der Waals surface area contributed by atoms with Crippen LogP contribution in [0.3, 0.4) is 0 Å². The van der Waals surface area contributed by atoms with Crippen LogP contribution in [0.4, 0.5) is 15.8 Å². The standard InChI is InChI=1S/C24H27FN6O5/c1-24(2,35)20(25)13-30-11-14-7-18(19(8-16(14)23(30)34)29-3-5-36-6-4-29)28-22(33)17-10-27-31-12-15(32)9-26-21(17)31/h7-10,12,20,32,35H,3-6,11,13H2,1-2H3,(H,28,33)/t20-/m1/s1. The number of hydrogen-bond acceptors (Lipinski definition) is 8. The highest BCUT2D eigenvalue weighted by atomic mass is 19.1. The number of amides is 2. The second kappa shape index (κ2) is 9.03. The second-order valence-electron chi connectivity index (χ2n) is 9.53. The first kappa shape index (κ1) is 23.9. The van der Waals surface area contributed by atoms with Crippen molar-refractivity contribution in [1.29, 1.82) is 0 Å². The van der Waals surface area contributed by atoms with Gasteiger partial charge >= 0.3 is 0 Å². The molecule has 4 heterocycles. The maximum Gasteiger partial charge on any atom is 0.261 e. The molecule has 1 atom stereocenters. The largest absolute Gasteiger partial charge is 0.505 e. The summed E-state index contributed by atoms with van der Waals surface area (Å²) in [5.41, 5.74) is 1.15. The molecule has 0 radical (unpaired) electrons. The summed E-state index contributed by atoms with van der Waals surface area (Å²) < 4.78 is 21.3. The lowest BCUT2D eigenvalue weighted by Crippen LogP contribution is -2.42. The van der Waals surface area contributed by atoms with E-state index in [0.29, 0.717) is 48.8 Å². The molecule has 190 valence electrons. The SMILES string of the molecule is CC(C)(O)[C@H](F)CN1Cc2cc(NC(=O)c3cnn4cc(O)cnc34)c(N3CCOCC3)cc2C1=O. The molecule has 5 rings (SSSR count). The number of rotatable bonds is 6. The van der Waals surface area contributed by atoms with Crippen molar-refractivity contribution in [3.8, 4) is 5.75 Å². The van der Waals surface area contributed by atoms with E-state index in [1.54, 1.807) is 12.1 Å². The van der Waals surface area contributed by atoms with Crippen LogP contribution in [0.2, 0.25) is 0 Å². The Morgan fingerprint density at radius 2 is 2.03 bits per heavy atom. The number of carbonyl (C=O) groups is 2. The predicted octanol–water partition coefficient (Wildman–Crippen LogP) is 1.59. The van der Waals surface area contributed by atoms with Crippen molar-refractivity contribution in [2.45, 2.75) is 32.2 Å². The third-order valence-corrected chi connectivity index (χ3v) is 6.43. The first-order chi connectivity index (χ1) is 17.1. The lowest BCUT2D eigenvalue weighted by atomic mass is 10.0. The number of aliphatic hydroxyl groups is 1. The third kappa shape index (κ3) is 4.44. The third-order valence-electron chi connectivity index (χ3n) is 6.43. The van der Waals surface area contributed by atoms with Crippen LogP contribution in [0.5, 0.6) is 5.75 Å². The van der Waals surface area contributed by atoms with Gasteiger partial charge in [0.1, 0.15) is 11.7 Å². The van der Waals surface area contributed by atoms with E-state index in [9.17, 15) is 24.2 Å². The zero-order valence-electron chi connectivity index (χ0n) is 19.9. The summed E-state index contributed by atoms with van der Waals surface area (Å²) in [5.74, 6) is -0.860. The van der Waals surface area contributed by atoms with Gasteiger partial charge in [-0.1, -0.05) is 0 Å². The number of fused-ring (bicyclic) bond motifs is 2. The molecule has 0 bridgehead atoms. The molecule has 2 amide bonds. The number of aromatic hydroxyl groups is 1. The minimum atomic E-state index is -1.61. The number of morpholine rings is 1. The van der Waals surface area contributed by atoms with Gasteiger partial charge in [-0.15, -0.1) is 0 Å². The maximum absolute atomic E-state index is 14.5.